The number of unbranched alkanes of at least 4 members (excludes halogenated alkanes) is 4. The van der Waals surface area contributed by atoms with Gasteiger partial charge >= 0.3 is 0 Å². The molecular formula is C16H27ClN2O2S. The third kappa shape index (κ3) is 10.6. The molecule has 0 aromatic rings. The van der Waals surface area contributed by atoms with Crippen molar-refractivity contribution in [3.63, 3.8) is 0 Å². The second-order valence-electron chi connectivity index (χ2n) is 5.35. The van der Waals surface area contributed by atoms with E-state index in [9.17, 15) is 8.42 Å². The number of allylic oxidation sites excluding steroid dienone is 2. The monoisotopic (exact) mass is 346 g/mol. The van der Waals surface area contributed by atoms with Crippen molar-refractivity contribution in [2.75, 3.05) is 12.0 Å². The van der Waals surface area contributed by atoms with E-state index in [1.165, 1.54) is 6.26 Å². The van der Waals surface area contributed by atoms with Crippen molar-refractivity contribution in [3.05, 3.63) is 36.2 Å². The first-order chi connectivity index (χ1) is 10.2. The number of aliphatic imine (C=N–C) groups is 1. The second kappa shape index (κ2) is 10.6. The van der Waals surface area contributed by atoms with Crippen LogP contribution in [0.15, 0.2) is 41.2 Å². The lowest BCUT2D eigenvalue weighted by Gasteiger charge is -2.10. The molecule has 0 aliphatic rings. The van der Waals surface area contributed by atoms with Crippen LogP contribution >= 0.6 is 11.6 Å². The van der Waals surface area contributed by atoms with Crippen molar-refractivity contribution >= 4 is 26.6 Å². The van der Waals surface area contributed by atoms with E-state index in [0.29, 0.717) is 16.6 Å². The molecular weight excluding hydrogens is 320 g/mol. The summed E-state index contributed by atoms with van der Waals surface area (Å²) in [5, 5.41) is 0.425. The first kappa shape index (κ1) is 20.9. The van der Waals surface area contributed by atoms with Gasteiger partial charge in [-0.2, -0.15) is 0 Å². The van der Waals surface area contributed by atoms with Crippen LogP contribution in [0.4, 0.5) is 0 Å². The summed E-state index contributed by atoms with van der Waals surface area (Å²) in [5.74, 6) is 0.266. The average Bonchev–Trinajstić information content (AvgIpc) is 2.37. The minimum Gasteiger partial charge on any atom is -0.399 e. The van der Waals surface area contributed by atoms with Crippen molar-refractivity contribution in [3.8, 4) is 0 Å². The molecule has 0 unspecified atom stereocenters. The highest BCUT2D eigenvalue weighted by molar-refractivity contribution is 7.90. The van der Waals surface area contributed by atoms with Crippen LogP contribution in [0.5, 0.6) is 0 Å². The van der Waals surface area contributed by atoms with Gasteiger partial charge < -0.3 is 5.73 Å². The molecule has 0 heterocycles. The minimum atomic E-state index is -2.84. The summed E-state index contributed by atoms with van der Waals surface area (Å²) >= 11 is 5.80. The van der Waals surface area contributed by atoms with E-state index in [4.69, 9.17) is 17.3 Å². The van der Waals surface area contributed by atoms with Crippen LogP contribution in [0.2, 0.25) is 0 Å². The van der Waals surface area contributed by atoms with E-state index in [0.717, 1.165) is 44.1 Å². The van der Waals surface area contributed by atoms with Gasteiger partial charge in [-0.25, -0.2) is 13.4 Å². The molecule has 126 valence electrons. The van der Waals surface area contributed by atoms with Gasteiger partial charge in [0.05, 0.1) is 5.70 Å². The molecule has 0 atom stereocenters. The Morgan fingerprint density at radius 3 is 2.23 bits per heavy atom. The highest BCUT2D eigenvalue weighted by Crippen LogP contribution is 2.20. The number of rotatable bonds is 11. The maximum absolute atomic E-state index is 11.0. The summed E-state index contributed by atoms with van der Waals surface area (Å²) in [4.78, 5) is 4.21. The number of nitrogens with zero attached hydrogens (tertiary/aromatic N) is 1. The molecule has 0 saturated heterocycles. The van der Waals surface area contributed by atoms with Gasteiger partial charge in [0.1, 0.15) is 15.0 Å². The molecule has 0 aliphatic heterocycles. The van der Waals surface area contributed by atoms with Gasteiger partial charge in [-0.05, 0) is 32.3 Å². The van der Waals surface area contributed by atoms with Crippen molar-refractivity contribution in [1.82, 2.24) is 0 Å². The zero-order chi connectivity index (χ0) is 17.2. The number of sulfone groups is 1. The van der Waals surface area contributed by atoms with Crippen LogP contribution in [-0.4, -0.2) is 25.6 Å². The predicted molar refractivity (Wildman–Crippen MR) is 96.9 cm³/mol. The predicted octanol–water partition coefficient (Wildman–Crippen LogP) is 3.94. The zero-order valence-electron chi connectivity index (χ0n) is 13.6. The Hall–Kier alpha value is -1.07. The van der Waals surface area contributed by atoms with Gasteiger partial charge in [-0.3, -0.25) is 0 Å². The van der Waals surface area contributed by atoms with Crippen LogP contribution in [0, 0.1) is 0 Å². The van der Waals surface area contributed by atoms with Gasteiger partial charge in [0, 0.05) is 23.3 Å². The Kier molecular flexibility index (Phi) is 10.1. The van der Waals surface area contributed by atoms with Gasteiger partial charge in [-0.1, -0.05) is 44.0 Å². The third-order valence-corrected chi connectivity index (χ3v) is 4.22. The summed E-state index contributed by atoms with van der Waals surface area (Å²) in [6.45, 7) is 9.21. The summed E-state index contributed by atoms with van der Waals surface area (Å²) in [7, 11) is -2.84. The van der Waals surface area contributed by atoms with Gasteiger partial charge in [0.15, 0.2) is 0 Å². The second-order valence-corrected chi connectivity index (χ2v) is 8.16. The van der Waals surface area contributed by atoms with Crippen molar-refractivity contribution < 1.29 is 8.42 Å². The molecule has 22 heavy (non-hydrogen) atoms. The van der Waals surface area contributed by atoms with Crippen LogP contribution in [0.3, 0.4) is 0 Å². The molecule has 4 nitrogen and oxygen atoms in total. The smallest absolute Gasteiger partial charge is 0.147 e. The van der Waals surface area contributed by atoms with E-state index >= 15 is 0 Å². The van der Waals surface area contributed by atoms with Crippen LogP contribution in [-0.2, 0) is 9.84 Å². The number of nitrogens with two attached hydrogens (primary N) is 1. The molecule has 0 fully saturated rings. The number of hydrogen-bond acceptors (Lipinski definition) is 4. The maximum Gasteiger partial charge on any atom is 0.147 e. The topological polar surface area (TPSA) is 72.5 Å². The number of hydrogen-bond donors (Lipinski definition) is 1. The van der Waals surface area contributed by atoms with Crippen LogP contribution in [0.1, 0.15) is 45.4 Å². The summed E-state index contributed by atoms with van der Waals surface area (Å²) in [6, 6.07) is 0. The standard InChI is InChI=1S/C16H27ClN2O2S/c1-5-16(19-14(3)17)15(13(2)18)11-9-7-6-8-10-12-22(4,20)21/h5H,1-2,6-12,18H2,3-4H3/b16-15-,19-14?. The van der Waals surface area contributed by atoms with Crippen molar-refractivity contribution in [1.29, 1.82) is 0 Å². The highest BCUT2D eigenvalue weighted by Gasteiger charge is 2.06. The zero-order valence-corrected chi connectivity index (χ0v) is 15.1. The Balaban J connectivity index is 4.34. The lowest BCUT2D eigenvalue weighted by molar-refractivity contribution is 0.589. The fourth-order valence-electron chi connectivity index (χ4n) is 2.05. The van der Waals surface area contributed by atoms with Crippen molar-refractivity contribution in [2.24, 2.45) is 10.7 Å². The molecule has 0 aliphatic carbocycles. The lowest BCUT2D eigenvalue weighted by Crippen LogP contribution is -2.03. The Morgan fingerprint density at radius 2 is 1.77 bits per heavy atom. The Morgan fingerprint density at radius 1 is 1.23 bits per heavy atom. The molecule has 0 aromatic carbocycles. The Labute approximate surface area is 139 Å². The molecule has 0 aromatic heterocycles. The van der Waals surface area contributed by atoms with E-state index < -0.39 is 9.84 Å². The van der Waals surface area contributed by atoms with Gasteiger partial charge in [-0.15, -0.1) is 0 Å². The minimum absolute atomic E-state index is 0.266. The average molecular weight is 347 g/mol. The first-order valence-corrected chi connectivity index (χ1v) is 9.80. The third-order valence-electron chi connectivity index (χ3n) is 3.11. The fraction of sp³-hybridized carbons (Fsp3) is 0.562. The van der Waals surface area contributed by atoms with E-state index in [1.54, 1.807) is 13.0 Å². The molecule has 2 N–H and O–H groups in total. The highest BCUT2D eigenvalue weighted by atomic mass is 35.5. The Bertz CT molecular complexity index is 544. The first-order valence-electron chi connectivity index (χ1n) is 7.36. The summed E-state index contributed by atoms with van der Waals surface area (Å²) in [6.07, 6.45) is 8.25. The quantitative estimate of drug-likeness (QED) is 0.350. The molecule has 6 heteroatoms. The molecule has 0 rings (SSSR count). The van der Waals surface area contributed by atoms with Gasteiger partial charge in [0.25, 0.3) is 0 Å². The molecule has 0 saturated carbocycles. The maximum atomic E-state index is 11.0. The van der Waals surface area contributed by atoms with Crippen LogP contribution < -0.4 is 5.73 Å². The fourth-order valence-corrected chi connectivity index (χ4v) is 2.87. The number of halogens is 1. The summed E-state index contributed by atoms with van der Waals surface area (Å²) < 4.78 is 22.0. The van der Waals surface area contributed by atoms with E-state index in [1.807, 2.05) is 0 Å². The molecule has 0 bridgehead atoms. The SMILES string of the molecule is C=C/C(N=C(C)Cl)=C(\CCCCCCCS(C)(=O)=O)C(=C)N. The summed E-state index contributed by atoms with van der Waals surface area (Å²) in [5.41, 5.74) is 7.83. The largest absolute Gasteiger partial charge is 0.399 e. The molecule has 0 amide bonds. The normalized spacial score (nSPS) is 13.7. The molecule has 0 spiro atoms. The van der Waals surface area contributed by atoms with E-state index in [-0.39, 0.29) is 5.75 Å². The molecule has 0 radical (unpaired) electrons. The van der Waals surface area contributed by atoms with Gasteiger partial charge in [0.2, 0.25) is 0 Å². The van der Waals surface area contributed by atoms with Crippen molar-refractivity contribution in [2.45, 2.75) is 45.4 Å². The van der Waals surface area contributed by atoms with E-state index in [2.05, 4.69) is 18.2 Å². The lowest BCUT2D eigenvalue weighted by atomic mass is 10.0. The van der Waals surface area contributed by atoms with Crippen LogP contribution in [0.25, 0.3) is 0 Å².